The number of aliphatic hydroxyl groups excluding tert-OH is 1. The Morgan fingerprint density at radius 1 is 1.06 bits per heavy atom. The first-order valence-electron chi connectivity index (χ1n) is 11.5. The maximum Gasteiger partial charge on any atom is 0.295 e. The van der Waals surface area contributed by atoms with Crippen LogP contribution in [0.5, 0.6) is 5.75 Å². The van der Waals surface area contributed by atoms with E-state index in [1.807, 2.05) is 31.2 Å². The molecule has 0 unspecified atom stereocenters. The van der Waals surface area contributed by atoms with E-state index in [0.717, 1.165) is 41.7 Å². The molecule has 6 heteroatoms. The SMILES string of the molecule is CCCCOc1ccc(C(O)=C2C(=O)C(=O)N(CCOC)[C@@H]2c2ccc(CC)cc2)cc1C. The second kappa shape index (κ2) is 11.1. The molecule has 176 valence electrons. The Labute approximate surface area is 195 Å². The Morgan fingerprint density at radius 3 is 2.39 bits per heavy atom. The minimum atomic E-state index is -0.686. The van der Waals surface area contributed by atoms with Gasteiger partial charge in [0, 0.05) is 19.2 Å². The van der Waals surface area contributed by atoms with E-state index >= 15 is 0 Å². The molecule has 33 heavy (non-hydrogen) atoms. The number of unbranched alkanes of at least 4 members (excludes halogenated alkanes) is 1. The van der Waals surface area contributed by atoms with E-state index in [1.54, 1.807) is 25.3 Å². The van der Waals surface area contributed by atoms with E-state index in [2.05, 4.69) is 13.8 Å². The number of hydrogen-bond acceptors (Lipinski definition) is 5. The first-order valence-corrected chi connectivity index (χ1v) is 11.5. The number of Topliss-reactive ketones (excluding diaryl/α,β-unsaturated/α-hetero) is 1. The van der Waals surface area contributed by atoms with Crippen LogP contribution in [-0.4, -0.2) is 48.6 Å². The van der Waals surface area contributed by atoms with Gasteiger partial charge in [-0.2, -0.15) is 0 Å². The molecule has 0 bridgehead atoms. The van der Waals surface area contributed by atoms with Gasteiger partial charge in [0.1, 0.15) is 11.5 Å². The first kappa shape index (κ1) is 24.5. The number of carbonyl (C=O) groups is 2. The third kappa shape index (κ3) is 5.28. The van der Waals surface area contributed by atoms with Gasteiger partial charge in [-0.15, -0.1) is 0 Å². The minimum Gasteiger partial charge on any atom is -0.507 e. The van der Waals surface area contributed by atoms with Gasteiger partial charge in [0.2, 0.25) is 0 Å². The number of ketones is 1. The summed E-state index contributed by atoms with van der Waals surface area (Å²) in [5.41, 5.74) is 3.37. The molecule has 1 aliphatic heterocycles. The zero-order valence-electron chi connectivity index (χ0n) is 19.9. The highest BCUT2D eigenvalue weighted by molar-refractivity contribution is 6.46. The fraction of sp³-hybridized carbons (Fsp3) is 0.407. The Kier molecular flexibility index (Phi) is 8.28. The molecule has 1 N–H and O–H groups in total. The third-order valence-electron chi connectivity index (χ3n) is 5.98. The van der Waals surface area contributed by atoms with Crippen LogP contribution in [0.2, 0.25) is 0 Å². The van der Waals surface area contributed by atoms with E-state index in [-0.39, 0.29) is 17.9 Å². The van der Waals surface area contributed by atoms with Crippen LogP contribution in [0.25, 0.3) is 5.76 Å². The molecule has 1 atom stereocenters. The molecule has 1 saturated heterocycles. The maximum absolute atomic E-state index is 13.1. The molecule has 0 aliphatic carbocycles. The molecule has 1 fully saturated rings. The molecule has 2 aromatic carbocycles. The smallest absolute Gasteiger partial charge is 0.295 e. The van der Waals surface area contributed by atoms with E-state index in [4.69, 9.17) is 9.47 Å². The van der Waals surface area contributed by atoms with E-state index in [0.29, 0.717) is 18.8 Å². The van der Waals surface area contributed by atoms with E-state index < -0.39 is 17.7 Å². The number of amides is 1. The summed E-state index contributed by atoms with van der Waals surface area (Å²) in [6, 6.07) is 12.4. The number of aliphatic hydroxyl groups is 1. The number of aryl methyl sites for hydroxylation is 2. The van der Waals surface area contributed by atoms with Crippen molar-refractivity contribution in [3.05, 3.63) is 70.3 Å². The summed E-state index contributed by atoms with van der Waals surface area (Å²) >= 11 is 0. The van der Waals surface area contributed by atoms with Gasteiger partial charge in [0.05, 0.1) is 24.8 Å². The first-order chi connectivity index (χ1) is 15.9. The molecule has 1 amide bonds. The highest BCUT2D eigenvalue weighted by Crippen LogP contribution is 2.39. The molecule has 1 heterocycles. The molecule has 2 aromatic rings. The molecule has 1 aliphatic rings. The van der Waals surface area contributed by atoms with Crippen molar-refractivity contribution in [2.24, 2.45) is 0 Å². The minimum absolute atomic E-state index is 0.0967. The molecule has 0 radical (unpaired) electrons. The van der Waals surface area contributed by atoms with Crippen molar-refractivity contribution in [2.45, 2.75) is 46.1 Å². The Balaban J connectivity index is 2.04. The van der Waals surface area contributed by atoms with E-state index in [1.165, 1.54) is 4.90 Å². The normalized spacial score (nSPS) is 17.6. The van der Waals surface area contributed by atoms with Gasteiger partial charge in [0.15, 0.2) is 0 Å². The molecule has 0 saturated carbocycles. The van der Waals surface area contributed by atoms with Crippen LogP contribution in [0.4, 0.5) is 0 Å². The summed E-state index contributed by atoms with van der Waals surface area (Å²) in [5.74, 6) is -0.753. The Morgan fingerprint density at radius 2 is 1.79 bits per heavy atom. The number of nitrogens with zero attached hydrogens (tertiary/aromatic N) is 1. The monoisotopic (exact) mass is 451 g/mol. The number of ether oxygens (including phenoxy) is 2. The van der Waals surface area contributed by atoms with Crippen molar-refractivity contribution in [1.29, 1.82) is 0 Å². The van der Waals surface area contributed by atoms with Crippen molar-refractivity contribution in [2.75, 3.05) is 26.9 Å². The van der Waals surface area contributed by atoms with Gasteiger partial charge in [-0.25, -0.2) is 0 Å². The fourth-order valence-electron chi connectivity index (χ4n) is 4.02. The van der Waals surface area contributed by atoms with Gasteiger partial charge in [-0.3, -0.25) is 9.59 Å². The van der Waals surface area contributed by atoms with Crippen molar-refractivity contribution >= 4 is 17.4 Å². The van der Waals surface area contributed by atoms with Crippen LogP contribution in [-0.2, 0) is 20.7 Å². The third-order valence-corrected chi connectivity index (χ3v) is 5.98. The molecule has 6 nitrogen and oxygen atoms in total. The quantitative estimate of drug-likeness (QED) is 0.243. The summed E-state index contributed by atoms with van der Waals surface area (Å²) in [5, 5.41) is 11.2. The number of benzene rings is 2. The number of likely N-dealkylation sites (tertiary alicyclic amines) is 1. The molecule has 3 rings (SSSR count). The lowest BCUT2D eigenvalue weighted by atomic mass is 9.94. The van der Waals surface area contributed by atoms with Crippen LogP contribution in [0.15, 0.2) is 48.0 Å². The Bertz CT molecular complexity index is 1030. The lowest BCUT2D eigenvalue weighted by Crippen LogP contribution is -2.32. The molecule has 0 aromatic heterocycles. The number of carbonyl (C=O) groups excluding carboxylic acids is 2. The van der Waals surface area contributed by atoms with Crippen LogP contribution >= 0.6 is 0 Å². The predicted octanol–water partition coefficient (Wildman–Crippen LogP) is 4.80. The number of rotatable bonds is 10. The summed E-state index contributed by atoms with van der Waals surface area (Å²) in [7, 11) is 1.55. The lowest BCUT2D eigenvalue weighted by molar-refractivity contribution is -0.140. The van der Waals surface area contributed by atoms with Gasteiger partial charge in [-0.1, -0.05) is 44.5 Å². The van der Waals surface area contributed by atoms with E-state index in [9.17, 15) is 14.7 Å². The summed E-state index contributed by atoms with van der Waals surface area (Å²) in [6.45, 7) is 7.24. The highest BCUT2D eigenvalue weighted by atomic mass is 16.5. The van der Waals surface area contributed by atoms with Crippen LogP contribution in [0, 0.1) is 6.92 Å². The van der Waals surface area contributed by atoms with Crippen LogP contribution < -0.4 is 4.74 Å². The average Bonchev–Trinajstić information content (AvgIpc) is 3.08. The van der Waals surface area contributed by atoms with Gasteiger partial charge < -0.3 is 19.5 Å². The topological polar surface area (TPSA) is 76.1 Å². The average molecular weight is 452 g/mol. The van der Waals surface area contributed by atoms with Gasteiger partial charge >= 0.3 is 0 Å². The summed E-state index contributed by atoms with van der Waals surface area (Å²) in [4.78, 5) is 27.4. The predicted molar refractivity (Wildman–Crippen MR) is 128 cm³/mol. The van der Waals surface area contributed by atoms with Gasteiger partial charge in [0.25, 0.3) is 11.7 Å². The molecular formula is C27H33NO5. The Hall–Kier alpha value is -3.12. The van der Waals surface area contributed by atoms with Crippen LogP contribution in [0.3, 0.4) is 0 Å². The zero-order chi connectivity index (χ0) is 24.0. The summed E-state index contributed by atoms with van der Waals surface area (Å²) < 4.78 is 11.0. The van der Waals surface area contributed by atoms with Crippen molar-refractivity contribution < 1.29 is 24.2 Å². The van der Waals surface area contributed by atoms with Crippen molar-refractivity contribution in [3.63, 3.8) is 0 Å². The number of hydrogen-bond donors (Lipinski definition) is 1. The van der Waals surface area contributed by atoms with Crippen LogP contribution in [0.1, 0.15) is 55.0 Å². The molecular weight excluding hydrogens is 418 g/mol. The lowest BCUT2D eigenvalue weighted by Gasteiger charge is -2.25. The number of methoxy groups -OCH3 is 1. The second-order valence-electron chi connectivity index (χ2n) is 8.26. The standard InChI is InChI=1S/C27H33NO5/c1-5-7-15-33-22-13-12-21(17-18(22)3)25(29)23-24(20-10-8-19(6-2)9-11-20)28(14-16-32-4)27(31)26(23)30/h8-13,17,24,29H,5-7,14-16H2,1-4H3/t24-/m1/s1. The second-order valence-corrected chi connectivity index (χ2v) is 8.26. The van der Waals surface area contributed by atoms with Crippen molar-refractivity contribution in [3.8, 4) is 5.75 Å². The molecule has 0 spiro atoms. The van der Waals surface area contributed by atoms with Crippen molar-refractivity contribution in [1.82, 2.24) is 4.90 Å². The zero-order valence-corrected chi connectivity index (χ0v) is 19.9. The highest BCUT2D eigenvalue weighted by Gasteiger charge is 2.45. The largest absolute Gasteiger partial charge is 0.507 e. The fourth-order valence-corrected chi connectivity index (χ4v) is 4.02. The maximum atomic E-state index is 13.1. The summed E-state index contributed by atoms with van der Waals surface area (Å²) in [6.07, 6.45) is 2.89. The van der Waals surface area contributed by atoms with Gasteiger partial charge in [-0.05, 0) is 54.7 Å².